The fourth-order valence-corrected chi connectivity index (χ4v) is 2.54. The number of nitrogens with one attached hydrogen (secondary N) is 2. The molecule has 0 saturated heterocycles. The van der Waals surface area contributed by atoms with Crippen LogP contribution < -0.4 is 10.6 Å². The Bertz CT molecular complexity index is 1070. The molecule has 0 bridgehead atoms. The van der Waals surface area contributed by atoms with Gasteiger partial charge in [0.15, 0.2) is 0 Å². The summed E-state index contributed by atoms with van der Waals surface area (Å²) in [5.74, 6) is -4.58. The van der Waals surface area contributed by atoms with Crippen LogP contribution in [0.25, 0.3) is 11.3 Å². The van der Waals surface area contributed by atoms with Crippen LogP contribution >= 0.6 is 0 Å². The fraction of sp³-hybridized carbons (Fsp3) is 0.211. The minimum Gasteiger partial charge on any atom is -0.339 e. The molecule has 3 heterocycles. The van der Waals surface area contributed by atoms with Crippen molar-refractivity contribution in [3.8, 4) is 11.3 Å². The van der Waals surface area contributed by atoms with Gasteiger partial charge in [0, 0.05) is 43.4 Å². The highest BCUT2D eigenvalue weighted by Crippen LogP contribution is 2.31. The van der Waals surface area contributed by atoms with Crippen molar-refractivity contribution in [2.45, 2.75) is 26.7 Å². The summed E-state index contributed by atoms with van der Waals surface area (Å²) >= 11 is 0. The molecule has 3 aromatic heterocycles. The number of alkyl halides is 2. The summed E-state index contributed by atoms with van der Waals surface area (Å²) in [6, 6.07) is 7.20. The summed E-state index contributed by atoms with van der Waals surface area (Å²) in [6.07, 6.45) is 1.39. The van der Waals surface area contributed by atoms with Crippen LogP contribution in [-0.4, -0.2) is 25.8 Å². The molecule has 10 heteroatoms. The summed E-state index contributed by atoms with van der Waals surface area (Å²) in [7, 11) is 0. The highest BCUT2D eigenvalue weighted by molar-refractivity contribution is 5.89. The Labute approximate surface area is 164 Å². The normalized spacial score (nSPS) is 11.2. The van der Waals surface area contributed by atoms with Gasteiger partial charge in [0.05, 0.1) is 11.4 Å². The molecule has 0 saturated carbocycles. The lowest BCUT2D eigenvalue weighted by molar-refractivity contribution is -0.114. The molecule has 0 radical (unpaired) electrons. The molecule has 3 rings (SSSR count). The van der Waals surface area contributed by atoms with Gasteiger partial charge in [-0.1, -0.05) is 6.07 Å². The van der Waals surface area contributed by atoms with Gasteiger partial charge in [-0.3, -0.25) is 4.79 Å². The van der Waals surface area contributed by atoms with E-state index < -0.39 is 17.7 Å². The fourth-order valence-electron chi connectivity index (χ4n) is 2.54. The van der Waals surface area contributed by atoms with Gasteiger partial charge in [-0.25, -0.2) is 19.9 Å². The van der Waals surface area contributed by atoms with Crippen molar-refractivity contribution < 1.29 is 18.0 Å². The minimum absolute atomic E-state index is 0.103. The molecule has 3 aromatic rings. The van der Waals surface area contributed by atoms with E-state index in [0.717, 1.165) is 0 Å². The van der Waals surface area contributed by atoms with Gasteiger partial charge in [-0.15, -0.1) is 0 Å². The molecular formula is C19H17F3N6O. The number of amides is 1. The van der Waals surface area contributed by atoms with Crippen LogP contribution in [0.2, 0.25) is 0 Å². The standard InChI is InChI=1S/C19H17F3N6O/c1-10-7-17(28-18(24-10)19(3,21)22)27-14-8-16(25-11(2)29)23-9-12(14)13-5-4-6-15(20)26-13/h4-9H,1-3H3,(H2,23,24,25,27,28,29). The van der Waals surface area contributed by atoms with Crippen LogP contribution in [0.1, 0.15) is 25.4 Å². The van der Waals surface area contributed by atoms with Crippen LogP contribution in [0.5, 0.6) is 0 Å². The Morgan fingerprint density at radius 2 is 1.86 bits per heavy atom. The third kappa shape index (κ3) is 5.03. The van der Waals surface area contributed by atoms with E-state index in [1.54, 1.807) is 13.0 Å². The molecular weight excluding hydrogens is 385 g/mol. The van der Waals surface area contributed by atoms with Gasteiger partial charge < -0.3 is 10.6 Å². The SMILES string of the molecule is CC(=O)Nc1cc(Nc2cc(C)nc(C(C)(F)F)n2)c(-c2cccc(F)n2)cn1. The minimum atomic E-state index is -3.23. The number of aryl methyl sites for hydroxylation is 1. The van der Waals surface area contributed by atoms with E-state index in [9.17, 15) is 18.0 Å². The molecule has 0 aliphatic rings. The highest BCUT2D eigenvalue weighted by Gasteiger charge is 2.29. The molecule has 2 N–H and O–H groups in total. The quantitative estimate of drug-likeness (QED) is 0.622. The molecule has 1 amide bonds. The lowest BCUT2D eigenvalue weighted by Crippen LogP contribution is -2.14. The maximum Gasteiger partial charge on any atom is 0.303 e. The molecule has 0 spiro atoms. The number of carbonyl (C=O) groups is 1. The number of carbonyl (C=O) groups excluding carboxylic acids is 1. The first-order chi connectivity index (χ1) is 13.6. The number of anilines is 3. The Kier molecular flexibility index (Phi) is 5.44. The van der Waals surface area contributed by atoms with Crippen molar-refractivity contribution in [3.05, 3.63) is 54.0 Å². The van der Waals surface area contributed by atoms with Crippen molar-refractivity contribution >= 4 is 23.2 Å². The first-order valence-electron chi connectivity index (χ1n) is 8.53. The monoisotopic (exact) mass is 402 g/mol. The lowest BCUT2D eigenvalue weighted by atomic mass is 10.1. The van der Waals surface area contributed by atoms with E-state index in [1.165, 1.54) is 37.4 Å². The van der Waals surface area contributed by atoms with E-state index >= 15 is 0 Å². The molecule has 0 aromatic carbocycles. The maximum absolute atomic E-state index is 13.7. The number of hydrogen-bond acceptors (Lipinski definition) is 6. The third-order valence-electron chi connectivity index (χ3n) is 3.71. The van der Waals surface area contributed by atoms with Crippen LogP contribution in [0, 0.1) is 12.9 Å². The maximum atomic E-state index is 13.7. The zero-order valence-corrected chi connectivity index (χ0v) is 15.8. The second-order valence-corrected chi connectivity index (χ2v) is 6.37. The first-order valence-corrected chi connectivity index (χ1v) is 8.53. The summed E-state index contributed by atoms with van der Waals surface area (Å²) in [6.45, 7) is 3.58. The van der Waals surface area contributed by atoms with E-state index in [-0.39, 0.29) is 23.2 Å². The predicted octanol–water partition coefficient (Wildman–Crippen LogP) is 4.19. The molecule has 7 nitrogen and oxygen atoms in total. The highest BCUT2D eigenvalue weighted by atomic mass is 19.3. The summed E-state index contributed by atoms with van der Waals surface area (Å²) in [5.41, 5.74) is 1.33. The van der Waals surface area contributed by atoms with E-state index in [4.69, 9.17) is 0 Å². The van der Waals surface area contributed by atoms with Gasteiger partial charge in [-0.05, 0) is 19.1 Å². The predicted molar refractivity (Wildman–Crippen MR) is 101 cm³/mol. The smallest absolute Gasteiger partial charge is 0.303 e. The van der Waals surface area contributed by atoms with Gasteiger partial charge in [0.2, 0.25) is 17.7 Å². The second kappa shape index (κ2) is 7.82. The number of hydrogen-bond donors (Lipinski definition) is 2. The van der Waals surface area contributed by atoms with Crippen LogP contribution in [0.4, 0.5) is 30.5 Å². The molecule has 0 fully saturated rings. The number of pyridine rings is 2. The molecule has 150 valence electrons. The van der Waals surface area contributed by atoms with Crippen molar-refractivity contribution in [2.75, 3.05) is 10.6 Å². The molecule has 0 atom stereocenters. The first kappa shape index (κ1) is 20.2. The molecule has 29 heavy (non-hydrogen) atoms. The summed E-state index contributed by atoms with van der Waals surface area (Å²) in [4.78, 5) is 26.9. The zero-order chi connectivity index (χ0) is 21.2. The van der Waals surface area contributed by atoms with Crippen LogP contribution in [0.15, 0.2) is 36.5 Å². The average molecular weight is 402 g/mol. The number of nitrogens with zero attached hydrogens (tertiary/aromatic N) is 4. The Morgan fingerprint density at radius 3 is 2.52 bits per heavy atom. The number of aromatic nitrogens is 4. The summed E-state index contributed by atoms with van der Waals surface area (Å²) < 4.78 is 41.0. The Morgan fingerprint density at radius 1 is 1.10 bits per heavy atom. The number of halogens is 3. The zero-order valence-electron chi connectivity index (χ0n) is 15.8. The van der Waals surface area contributed by atoms with Crippen LogP contribution in [-0.2, 0) is 10.7 Å². The topological polar surface area (TPSA) is 92.7 Å². The van der Waals surface area contributed by atoms with E-state index in [0.29, 0.717) is 23.9 Å². The van der Waals surface area contributed by atoms with Gasteiger partial charge in [-0.2, -0.15) is 13.2 Å². The van der Waals surface area contributed by atoms with Crippen molar-refractivity contribution in [1.82, 2.24) is 19.9 Å². The van der Waals surface area contributed by atoms with Crippen molar-refractivity contribution in [2.24, 2.45) is 0 Å². The Balaban J connectivity index is 2.09. The second-order valence-electron chi connectivity index (χ2n) is 6.37. The van der Waals surface area contributed by atoms with Crippen molar-refractivity contribution in [3.63, 3.8) is 0 Å². The molecule has 0 unspecified atom stereocenters. The largest absolute Gasteiger partial charge is 0.339 e. The van der Waals surface area contributed by atoms with Gasteiger partial charge in [0.1, 0.15) is 11.6 Å². The van der Waals surface area contributed by atoms with Crippen LogP contribution in [0.3, 0.4) is 0 Å². The Hall–Kier alpha value is -3.56. The molecule has 0 aliphatic carbocycles. The van der Waals surface area contributed by atoms with E-state index in [1.807, 2.05) is 0 Å². The summed E-state index contributed by atoms with van der Waals surface area (Å²) in [5, 5.41) is 5.45. The van der Waals surface area contributed by atoms with Crippen molar-refractivity contribution in [1.29, 1.82) is 0 Å². The lowest BCUT2D eigenvalue weighted by Gasteiger charge is -2.15. The number of rotatable bonds is 5. The molecule has 0 aliphatic heterocycles. The van der Waals surface area contributed by atoms with Gasteiger partial charge in [0.25, 0.3) is 0 Å². The van der Waals surface area contributed by atoms with Gasteiger partial charge >= 0.3 is 5.92 Å². The average Bonchev–Trinajstić information content (AvgIpc) is 2.60. The van der Waals surface area contributed by atoms with E-state index in [2.05, 4.69) is 30.6 Å². The third-order valence-corrected chi connectivity index (χ3v) is 3.71.